The van der Waals surface area contributed by atoms with E-state index in [4.69, 9.17) is 11.5 Å². The summed E-state index contributed by atoms with van der Waals surface area (Å²) in [5.74, 6) is -1.63. The zero-order valence-electron chi connectivity index (χ0n) is 15.4. The Morgan fingerprint density at radius 2 is 1.89 bits per heavy atom. The van der Waals surface area contributed by atoms with E-state index >= 15 is 0 Å². The lowest BCUT2D eigenvalue weighted by molar-refractivity contribution is 0.0951. The second-order valence-electron chi connectivity index (χ2n) is 6.20. The first-order valence-electron chi connectivity index (χ1n) is 8.27. The predicted molar refractivity (Wildman–Crippen MR) is 106 cm³/mol. The number of carbonyl (C=O) groups excluding carboxylic acids is 2. The number of carbonyl (C=O) groups is 2. The van der Waals surface area contributed by atoms with Crippen molar-refractivity contribution in [1.29, 1.82) is 0 Å². The number of halogens is 2. The molecule has 7 nitrogen and oxygen atoms in total. The van der Waals surface area contributed by atoms with E-state index in [-0.39, 0.29) is 21.6 Å². The number of nitrogens with one attached hydrogen (secondary N) is 1. The number of thiophene rings is 1. The first-order valence-corrected chi connectivity index (χ1v) is 9.15. The average molecular weight is 409 g/mol. The molecule has 0 atom stereocenters. The molecule has 1 aromatic carbocycles. The average Bonchev–Trinajstić information content (AvgIpc) is 3.10. The van der Waals surface area contributed by atoms with Crippen LogP contribution in [0.5, 0.6) is 0 Å². The first-order chi connectivity index (χ1) is 13.2. The van der Waals surface area contributed by atoms with Gasteiger partial charge >= 0.3 is 0 Å². The Hall–Kier alpha value is -2.85. The number of nitrogens with zero attached hydrogens (tertiary/aromatic N) is 2. The summed E-state index contributed by atoms with van der Waals surface area (Å²) in [5, 5.41) is 4.25. The van der Waals surface area contributed by atoms with Crippen molar-refractivity contribution in [3.63, 3.8) is 0 Å². The van der Waals surface area contributed by atoms with Crippen LogP contribution < -0.4 is 16.8 Å². The molecule has 2 aromatic rings. The summed E-state index contributed by atoms with van der Waals surface area (Å²) in [4.78, 5) is 29.9. The van der Waals surface area contributed by atoms with Crippen LogP contribution in [0.3, 0.4) is 0 Å². The lowest BCUT2D eigenvalue weighted by Gasteiger charge is -2.12. The lowest BCUT2D eigenvalue weighted by atomic mass is 9.99. The van der Waals surface area contributed by atoms with E-state index in [1.54, 1.807) is 0 Å². The third-order valence-corrected chi connectivity index (χ3v) is 4.65. The van der Waals surface area contributed by atoms with Crippen molar-refractivity contribution in [2.45, 2.75) is 6.43 Å². The number of hydrogen-bond acceptors (Lipinski definition) is 4. The Bertz CT molecular complexity index is 892. The van der Waals surface area contributed by atoms with E-state index in [1.165, 1.54) is 29.6 Å². The molecule has 2 amide bonds. The van der Waals surface area contributed by atoms with Gasteiger partial charge in [0.2, 0.25) is 0 Å². The molecule has 0 bridgehead atoms. The molecule has 28 heavy (non-hydrogen) atoms. The standard InChI is InChI=1S/C18H21F2N5O2S/c1-25(2)5-4-23-16(26)11-7-10(13-3-6-28-14(13)15(19)20)8-12(9-11)17(27)24-18(21)22/h3,6-9,15H,4-5H2,1-2H3,(H,23,26)(H4,21,22,24,27). The number of amides is 2. The summed E-state index contributed by atoms with van der Waals surface area (Å²) < 4.78 is 26.6. The van der Waals surface area contributed by atoms with Gasteiger partial charge in [0.25, 0.3) is 18.2 Å². The third-order valence-electron chi connectivity index (χ3n) is 3.72. The maximum atomic E-state index is 13.3. The van der Waals surface area contributed by atoms with Gasteiger partial charge in [-0.1, -0.05) is 0 Å². The van der Waals surface area contributed by atoms with Gasteiger partial charge in [0.1, 0.15) is 0 Å². The largest absolute Gasteiger partial charge is 0.370 e. The van der Waals surface area contributed by atoms with Crippen LogP contribution in [0.1, 0.15) is 32.0 Å². The van der Waals surface area contributed by atoms with Gasteiger partial charge in [0.15, 0.2) is 5.96 Å². The van der Waals surface area contributed by atoms with Crippen LogP contribution in [0, 0.1) is 0 Å². The smallest absolute Gasteiger partial charge is 0.280 e. The number of guanidine groups is 1. The number of nitrogens with two attached hydrogens (primary N) is 2. The molecular weight excluding hydrogens is 388 g/mol. The van der Waals surface area contributed by atoms with Gasteiger partial charge in [-0.25, -0.2) is 8.78 Å². The normalized spacial score (nSPS) is 10.9. The zero-order valence-corrected chi connectivity index (χ0v) is 16.2. The van der Waals surface area contributed by atoms with Crippen LogP contribution in [-0.2, 0) is 0 Å². The quantitative estimate of drug-likeness (QED) is 0.478. The summed E-state index contributed by atoms with van der Waals surface area (Å²) in [7, 11) is 3.72. The molecule has 150 valence electrons. The molecule has 0 fully saturated rings. The highest BCUT2D eigenvalue weighted by atomic mass is 32.1. The van der Waals surface area contributed by atoms with Crippen molar-refractivity contribution in [2.75, 3.05) is 27.2 Å². The molecule has 0 spiro atoms. The molecule has 0 saturated carbocycles. The predicted octanol–water partition coefficient (Wildman–Crippen LogP) is 2.06. The number of hydrogen-bond donors (Lipinski definition) is 3. The topological polar surface area (TPSA) is 114 Å². The minimum atomic E-state index is -2.68. The summed E-state index contributed by atoms with van der Waals surface area (Å²) in [6.07, 6.45) is -2.68. The molecule has 0 saturated heterocycles. The Labute approximate surface area is 165 Å². The monoisotopic (exact) mass is 409 g/mol. The van der Waals surface area contributed by atoms with Gasteiger partial charge in [-0.2, -0.15) is 4.99 Å². The van der Waals surface area contributed by atoms with Crippen molar-refractivity contribution >= 4 is 29.1 Å². The van der Waals surface area contributed by atoms with Gasteiger partial charge in [0, 0.05) is 29.8 Å². The van der Waals surface area contributed by atoms with Crippen molar-refractivity contribution in [1.82, 2.24) is 10.2 Å². The number of likely N-dealkylation sites (N-methyl/N-ethyl adjacent to an activating group) is 1. The number of alkyl halides is 2. The number of benzene rings is 1. The fourth-order valence-electron chi connectivity index (χ4n) is 2.44. The van der Waals surface area contributed by atoms with Crippen LogP contribution >= 0.6 is 11.3 Å². The van der Waals surface area contributed by atoms with Crippen molar-refractivity contribution in [3.8, 4) is 11.1 Å². The summed E-state index contributed by atoms with van der Waals surface area (Å²) in [6.45, 7) is 0.999. The SMILES string of the molecule is CN(C)CCNC(=O)c1cc(C(=O)N=C(N)N)cc(-c2ccsc2C(F)F)c1. The Morgan fingerprint density at radius 1 is 1.21 bits per heavy atom. The Balaban J connectivity index is 2.47. The second kappa shape index (κ2) is 9.38. The Kier molecular flexibility index (Phi) is 7.18. The summed E-state index contributed by atoms with van der Waals surface area (Å²) in [5.41, 5.74) is 11.2. The molecule has 10 heteroatoms. The number of rotatable bonds is 7. The van der Waals surface area contributed by atoms with Gasteiger partial charge < -0.3 is 21.7 Å². The van der Waals surface area contributed by atoms with Gasteiger partial charge in [0.05, 0.1) is 4.88 Å². The first kappa shape index (κ1) is 21.5. The molecule has 0 unspecified atom stereocenters. The van der Waals surface area contributed by atoms with E-state index in [9.17, 15) is 18.4 Å². The fraction of sp³-hybridized carbons (Fsp3) is 0.278. The van der Waals surface area contributed by atoms with Gasteiger partial charge in [-0.3, -0.25) is 9.59 Å². The highest BCUT2D eigenvalue weighted by molar-refractivity contribution is 7.10. The van der Waals surface area contributed by atoms with Crippen LogP contribution in [0.25, 0.3) is 11.1 Å². The molecule has 1 heterocycles. The molecule has 0 aliphatic heterocycles. The van der Waals surface area contributed by atoms with E-state index in [0.29, 0.717) is 18.7 Å². The molecule has 0 radical (unpaired) electrons. The van der Waals surface area contributed by atoms with E-state index in [2.05, 4.69) is 10.3 Å². The Morgan fingerprint density at radius 3 is 2.50 bits per heavy atom. The molecule has 1 aromatic heterocycles. The van der Waals surface area contributed by atoms with Crippen LogP contribution in [0.15, 0.2) is 34.6 Å². The van der Waals surface area contributed by atoms with Gasteiger partial charge in [-0.15, -0.1) is 11.3 Å². The van der Waals surface area contributed by atoms with E-state index < -0.39 is 24.2 Å². The zero-order chi connectivity index (χ0) is 20.8. The lowest BCUT2D eigenvalue weighted by Crippen LogP contribution is -2.31. The molecule has 2 rings (SSSR count). The molecular formula is C18H21F2N5O2S. The number of aliphatic imine (C=N–C) groups is 1. The van der Waals surface area contributed by atoms with E-state index in [0.717, 1.165) is 11.3 Å². The van der Waals surface area contributed by atoms with Crippen molar-refractivity contribution in [2.24, 2.45) is 16.5 Å². The van der Waals surface area contributed by atoms with Crippen LogP contribution in [0.4, 0.5) is 8.78 Å². The van der Waals surface area contributed by atoms with Crippen LogP contribution in [0.2, 0.25) is 0 Å². The minimum absolute atomic E-state index is 0.0232. The highest BCUT2D eigenvalue weighted by Crippen LogP contribution is 2.36. The summed E-state index contributed by atoms with van der Waals surface area (Å²) in [6, 6.07) is 5.70. The highest BCUT2D eigenvalue weighted by Gasteiger charge is 2.19. The second-order valence-corrected chi connectivity index (χ2v) is 7.15. The van der Waals surface area contributed by atoms with Crippen molar-refractivity contribution < 1.29 is 18.4 Å². The third kappa shape index (κ3) is 5.57. The summed E-state index contributed by atoms with van der Waals surface area (Å²) >= 11 is 0.900. The van der Waals surface area contributed by atoms with E-state index in [1.807, 2.05) is 19.0 Å². The maximum Gasteiger partial charge on any atom is 0.280 e. The van der Waals surface area contributed by atoms with Crippen molar-refractivity contribution in [3.05, 3.63) is 45.6 Å². The maximum absolute atomic E-state index is 13.3. The van der Waals surface area contributed by atoms with Crippen LogP contribution in [-0.4, -0.2) is 49.9 Å². The molecule has 0 aliphatic rings. The minimum Gasteiger partial charge on any atom is -0.370 e. The fourth-order valence-corrected chi connectivity index (χ4v) is 3.21. The molecule has 5 N–H and O–H groups in total. The molecule has 0 aliphatic carbocycles. The van der Waals surface area contributed by atoms with Gasteiger partial charge in [-0.05, 0) is 49.3 Å².